The fourth-order valence-corrected chi connectivity index (χ4v) is 3.45. The lowest BCUT2D eigenvalue weighted by Crippen LogP contribution is -2.31. The van der Waals surface area contributed by atoms with Gasteiger partial charge in [0.25, 0.3) is 5.78 Å². The van der Waals surface area contributed by atoms with Crippen LogP contribution in [0.1, 0.15) is 24.1 Å². The van der Waals surface area contributed by atoms with Crippen molar-refractivity contribution in [3.8, 4) is 5.75 Å². The van der Waals surface area contributed by atoms with Crippen LogP contribution in [-0.4, -0.2) is 33.4 Å². The van der Waals surface area contributed by atoms with E-state index in [0.717, 1.165) is 4.90 Å². The molecule has 1 saturated heterocycles. The Kier molecular flexibility index (Phi) is 5.44. The number of carbonyl (C=O) groups is 2. The van der Waals surface area contributed by atoms with Crippen LogP contribution >= 0.6 is 0 Å². The quantitative estimate of drug-likeness (QED) is 0.386. The van der Waals surface area contributed by atoms with E-state index >= 15 is 0 Å². The molecule has 1 fully saturated rings. The minimum Gasteiger partial charge on any atom is -0.507 e. The number of aliphatic hydroxyl groups is 1. The Labute approximate surface area is 177 Å². The highest BCUT2D eigenvalue weighted by molar-refractivity contribution is 6.51. The second kappa shape index (κ2) is 8.35. The first-order chi connectivity index (χ1) is 15.0. The van der Waals surface area contributed by atoms with Gasteiger partial charge in [-0.1, -0.05) is 12.1 Å². The number of rotatable bonds is 5. The molecule has 156 valence electrons. The van der Waals surface area contributed by atoms with Gasteiger partial charge in [-0.3, -0.25) is 14.5 Å². The summed E-state index contributed by atoms with van der Waals surface area (Å²) in [5, 5.41) is 11.0. The van der Waals surface area contributed by atoms with Crippen molar-refractivity contribution >= 4 is 23.4 Å². The minimum absolute atomic E-state index is 0.00432. The van der Waals surface area contributed by atoms with E-state index in [2.05, 4.69) is 9.97 Å². The van der Waals surface area contributed by atoms with Gasteiger partial charge in [0.2, 0.25) is 5.95 Å². The van der Waals surface area contributed by atoms with Crippen LogP contribution in [0, 0.1) is 5.82 Å². The van der Waals surface area contributed by atoms with E-state index < -0.39 is 23.5 Å². The number of ether oxygens (including phenoxy) is 1. The van der Waals surface area contributed by atoms with E-state index in [0.29, 0.717) is 23.5 Å². The van der Waals surface area contributed by atoms with Crippen molar-refractivity contribution in [2.75, 3.05) is 11.5 Å². The molecule has 2 heterocycles. The Bertz CT molecular complexity index is 1150. The van der Waals surface area contributed by atoms with Crippen LogP contribution < -0.4 is 9.64 Å². The highest BCUT2D eigenvalue weighted by Crippen LogP contribution is 2.41. The van der Waals surface area contributed by atoms with Crippen LogP contribution in [0.25, 0.3) is 5.76 Å². The molecule has 0 bridgehead atoms. The molecule has 2 aromatic carbocycles. The normalized spacial score (nSPS) is 17.7. The zero-order chi connectivity index (χ0) is 22.0. The molecule has 31 heavy (non-hydrogen) atoms. The molecule has 0 unspecified atom stereocenters. The number of aliphatic hydroxyl groups excluding tert-OH is 1. The maximum absolute atomic E-state index is 13.5. The van der Waals surface area contributed by atoms with E-state index in [-0.39, 0.29) is 17.3 Å². The second-order valence-corrected chi connectivity index (χ2v) is 6.73. The number of Topliss-reactive ketones (excluding diaryl/α,β-unsaturated/α-hetero) is 1. The zero-order valence-electron chi connectivity index (χ0n) is 16.5. The number of hydrogen-bond donors (Lipinski definition) is 1. The van der Waals surface area contributed by atoms with Crippen molar-refractivity contribution < 1.29 is 23.8 Å². The van der Waals surface area contributed by atoms with Crippen molar-refractivity contribution in [3.63, 3.8) is 0 Å². The number of anilines is 1. The first-order valence-corrected chi connectivity index (χ1v) is 9.58. The summed E-state index contributed by atoms with van der Waals surface area (Å²) in [5.41, 5.74) is 0.635. The highest BCUT2D eigenvalue weighted by atomic mass is 19.1. The van der Waals surface area contributed by atoms with Crippen molar-refractivity contribution in [1.29, 1.82) is 0 Å². The summed E-state index contributed by atoms with van der Waals surface area (Å²) in [6.45, 7) is 2.34. The van der Waals surface area contributed by atoms with Crippen LogP contribution in [0.3, 0.4) is 0 Å². The molecule has 4 rings (SSSR count). The van der Waals surface area contributed by atoms with Gasteiger partial charge in [-0.2, -0.15) is 0 Å². The predicted molar refractivity (Wildman–Crippen MR) is 111 cm³/mol. The van der Waals surface area contributed by atoms with Crippen LogP contribution in [-0.2, 0) is 9.59 Å². The molecule has 3 aromatic rings. The molecule has 0 aliphatic carbocycles. The fourth-order valence-electron chi connectivity index (χ4n) is 3.45. The molecule has 0 radical (unpaired) electrons. The average molecular weight is 419 g/mol. The number of hydrogen-bond acceptors (Lipinski definition) is 6. The lowest BCUT2D eigenvalue weighted by molar-refractivity contribution is -0.132. The number of nitrogens with zero attached hydrogens (tertiary/aromatic N) is 3. The van der Waals surface area contributed by atoms with Gasteiger partial charge in [-0.05, 0) is 55.0 Å². The summed E-state index contributed by atoms with van der Waals surface area (Å²) < 4.78 is 18.9. The zero-order valence-corrected chi connectivity index (χ0v) is 16.5. The van der Waals surface area contributed by atoms with Crippen molar-refractivity contribution in [3.05, 3.63) is 89.5 Å². The average Bonchev–Trinajstić information content (AvgIpc) is 3.06. The van der Waals surface area contributed by atoms with Crippen molar-refractivity contribution in [1.82, 2.24) is 9.97 Å². The van der Waals surface area contributed by atoms with E-state index in [1.165, 1.54) is 36.7 Å². The molecule has 1 aliphatic rings. The van der Waals surface area contributed by atoms with Crippen molar-refractivity contribution in [2.24, 2.45) is 0 Å². The molecule has 1 N–H and O–H groups in total. The maximum Gasteiger partial charge on any atom is 0.302 e. The Morgan fingerprint density at radius 2 is 1.71 bits per heavy atom. The Morgan fingerprint density at radius 3 is 2.32 bits per heavy atom. The van der Waals surface area contributed by atoms with Crippen molar-refractivity contribution in [2.45, 2.75) is 13.0 Å². The molecule has 1 atom stereocenters. The predicted octanol–water partition coefficient (Wildman–Crippen LogP) is 3.64. The number of amides is 1. The van der Waals surface area contributed by atoms with E-state index in [1.54, 1.807) is 30.3 Å². The topological polar surface area (TPSA) is 92.6 Å². The molecular weight excluding hydrogens is 401 g/mol. The van der Waals surface area contributed by atoms with E-state index in [4.69, 9.17) is 4.74 Å². The highest BCUT2D eigenvalue weighted by Gasteiger charge is 2.48. The Hall–Kier alpha value is -4.07. The molecule has 0 spiro atoms. The molecule has 1 amide bonds. The Balaban J connectivity index is 1.88. The molecule has 8 heteroatoms. The monoisotopic (exact) mass is 419 g/mol. The molecular formula is C23H18FN3O4. The smallest absolute Gasteiger partial charge is 0.302 e. The first-order valence-electron chi connectivity index (χ1n) is 9.58. The van der Waals surface area contributed by atoms with Gasteiger partial charge in [0.1, 0.15) is 17.3 Å². The molecule has 7 nitrogen and oxygen atoms in total. The summed E-state index contributed by atoms with van der Waals surface area (Å²) in [6, 6.07) is 12.4. The SMILES string of the molecule is CCOc1ccc(C(O)=C2C(=O)C(=O)N(c3ncccn3)[C@@H]2c2ccc(F)cc2)cc1. The number of carbonyl (C=O) groups excluding carboxylic acids is 2. The summed E-state index contributed by atoms with van der Waals surface area (Å²) >= 11 is 0. The van der Waals surface area contributed by atoms with Crippen LogP contribution in [0.2, 0.25) is 0 Å². The lowest BCUT2D eigenvalue weighted by atomic mass is 9.95. The van der Waals surface area contributed by atoms with Gasteiger partial charge in [0.15, 0.2) is 0 Å². The van der Waals surface area contributed by atoms with Crippen LogP contribution in [0.15, 0.2) is 72.6 Å². The molecule has 1 aromatic heterocycles. The number of ketones is 1. The molecule has 0 saturated carbocycles. The van der Waals surface area contributed by atoms with Gasteiger partial charge in [-0.25, -0.2) is 14.4 Å². The summed E-state index contributed by atoms with van der Waals surface area (Å²) in [6.07, 6.45) is 2.88. The van der Waals surface area contributed by atoms with Gasteiger partial charge in [0, 0.05) is 18.0 Å². The summed E-state index contributed by atoms with van der Waals surface area (Å²) in [7, 11) is 0. The minimum atomic E-state index is -1.02. The third-order valence-corrected chi connectivity index (χ3v) is 4.84. The summed E-state index contributed by atoms with van der Waals surface area (Å²) in [4.78, 5) is 35.1. The van der Waals surface area contributed by atoms with E-state index in [9.17, 15) is 19.1 Å². The van der Waals surface area contributed by atoms with Gasteiger partial charge in [0.05, 0.1) is 18.2 Å². The molecule has 1 aliphatic heterocycles. The number of benzene rings is 2. The number of aromatic nitrogens is 2. The third kappa shape index (κ3) is 3.75. The first kappa shape index (κ1) is 20.2. The lowest BCUT2D eigenvalue weighted by Gasteiger charge is -2.23. The maximum atomic E-state index is 13.5. The van der Waals surface area contributed by atoms with Crippen LogP contribution in [0.5, 0.6) is 5.75 Å². The largest absolute Gasteiger partial charge is 0.507 e. The fraction of sp³-hybridized carbons (Fsp3) is 0.130. The van der Waals surface area contributed by atoms with Crippen LogP contribution in [0.4, 0.5) is 10.3 Å². The Morgan fingerprint density at radius 1 is 1.06 bits per heavy atom. The number of halogens is 1. The third-order valence-electron chi connectivity index (χ3n) is 4.84. The summed E-state index contributed by atoms with van der Waals surface area (Å²) in [5.74, 6) is -1.98. The van der Waals surface area contributed by atoms with Gasteiger partial charge in [-0.15, -0.1) is 0 Å². The second-order valence-electron chi connectivity index (χ2n) is 6.73. The van der Waals surface area contributed by atoms with Gasteiger partial charge >= 0.3 is 5.91 Å². The standard InChI is InChI=1S/C23H18FN3O4/c1-2-31-17-10-6-15(7-11-17)20(28)18-19(14-4-8-16(24)9-5-14)27(22(30)21(18)29)23-25-12-3-13-26-23/h3-13,19,28H,2H2,1H3/t19-/m1/s1. The van der Waals surface area contributed by atoms with E-state index in [1.807, 2.05) is 6.92 Å². The van der Waals surface area contributed by atoms with Gasteiger partial charge < -0.3 is 9.84 Å².